The fourth-order valence-electron chi connectivity index (χ4n) is 2.02. The minimum Gasteiger partial charge on any atom is -0.278 e. The third kappa shape index (κ3) is 2.29. The number of carbonyl (C=O) groups excluding carboxylic acids is 1. The van der Waals surface area contributed by atoms with Crippen molar-refractivity contribution in [3.8, 4) is 0 Å². The van der Waals surface area contributed by atoms with E-state index in [1.165, 1.54) is 4.52 Å². The van der Waals surface area contributed by atoms with E-state index in [9.17, 15) is 17.1 Å². The summed E-state index contributed by atoms with van der Waals surface area (Å²) in [7, 11) is -4.75. The molecule has 0 aliphatic carbocycles. The Hall–Kier alpha value is -1.55. The van der Waals surface area contributed by atoms with Crippen molar-refractivity contribution >= 4 is 43.7 Å². The molecule has 2 aromatic heterocycles. The second-order valence-corrected chi connectivity index (χ2v) is 6.90. The first-order valence-electron chi connectivity index (χ1n) is 5.60. The van der Waals surface area contributed by atoms with E-state index in [1.807, 2.05) is 0 Å². The molecule has 1 atom stereocenters. The van der Waals surface area contributed by atoms with Crippen molar-refractivity contribution in [1.82, 2.24) is 14.6 Å². The van der Waals surface area contributed by atoms with Crippen molar-refractivity contribution in [1.29, 1.82) is 0 Å². The van der Waals surface area contributed by atoms with Crippen LogP contribution in [0.3, 0.4) is 0 Å². The van der Waals surface area contributed by atoms with E-state index >= 15 is 0 Å². The Bertz CT molecular complexity index is 806. The number of hydrogen-bond acceptors (Lipinski definition) is 5. The number of fused-ring (bicyclic) bond motifs is 1. The van der Waals surface area contributed by atoms with Crippen molar-refractivity contribution in [2.24, 2.45) is 0 Å². The van der Waals surface area contributed by atoms with E-state index in [-0.39, 0.29) is 12.5 Å². The van der Waals surface area contributed by atoms with Gasteiger partial charge in [-0.25, -0.2) is 4.52 Å². The first-order chi connectivity index (χ1) is 9.34. The lowest BCUT2D eigenvalue weighted by atomic mass is 10.4. The third-order valence-electron chi connectivity index (χ3n) is 3.01. The predicted octanol–water partition coefficient (Wildman–Crippen LogP) is 0.896. The van der Waals surface area contributed by atoms with Crippen LogP contribution in [-0.2, 0) is 15.0 Å². The van der Waals surface area contributed by atoms with Crippen LogP contribution in [0.25, 0.3) is 5.65 Å². The molecule has 1 aliphatic rings. The molecule has 0 N–H and O–H groups in total. The topological polar surface area (TPSA) is 84.6 Å². The zero-order valence-electron chi connectivity index (χ0n) is 9.90. The van der Waals surface area contributed by atoms with Gasteiger partial charge in [0.2, 0.25) is 5.91 Å². The Labute approximate surface area is 121 Å². The molecular formula is C10H8BrFN4O3S. The van der Waals surface area contributed by atoms with Gasteiger partial charge in [-0.2, -0.15) is 13.4 Å². The standard InChI is InChI=1S/C10H8BrFN4O3S/c11-6-1-2-8-13-10(14-16(8)4-6)15-5-7(3-9(15)17)20(12,18)19/h1-2,4,7H,3,5H2. The van der Waals surface area contributed by atoms with Crippen LogP contribution >= 0.6 is 15.9 Å². The Balaban J connectivity index is 1.97. The van der Waals surface area contributed by atoms with E-state index in [4.69, 9.17) is 0 Å². The molecule has 0 radical (unpaired) electrons. The second kappa shape index (κ2) is 4.48. The van der Waals surface area contributed by atoms with Gasteiger partial charge in [0.1, 0.15) is 5.25 Å². The average molecular weight is 363 g/mol. The second-order valence-electron chi connectivity index (χ2n) is 4.37. The zero-order valence-corrected chi connectivity index (χ0v) is 12.3. The van der Waals surface area contributed by atoms with E-state index in [0.717, 1.165) is 9.37 Å². The highest BCUT2D eigenvalue weighted by molar-refractivity contribution is 9.10. The zero-order chi connectivity index (χ0) is 14.5. The maximum absolute atomic E-state index is 13.0. The van der Waals surface area contributed by atoms with Crippen LogP contribution in [0.2, 0.25) is 0 Å². The maximum Gasteiger partial charge on any atom is 0.307 e. The van der Waals surface area contributed by atoms with Gasteiger partial charge < -0.3 is 0 Å². The fraction of sp³-hybridized carbons (Fsp3) is 0.300. The highest BCUT2D eigenvalue weighted by Crippen LogP contribution is 2.24. The summed E-state index contributed by atoms with van der Waals surface area (Å²) in [4.78, 5) is 17.0. The highest BCUT2D eigenvalue weighted by atomic mass is 79.9. The molecule has 7 nitrogen and oxygen atoms in total. The van der Waals surface area contributed by atoms with Crippen LogP contribution in [0.1, 0.15) is 6.42 Å². The summed E-state index contributed by atoms with van der Waals surface area (Å²) in [5, 5.41) is 2.73. The lowest BCUT2D eigenvalue weighted by Crippen LogP contribution is -2.27. The normalized spacial score (nSPS) is 20.0. The molecule has 1 aliphatic heterocycles. The van der Waals surface area contributed by atoms with Gasteiger partial charge in [0.25, 0.3) is 5.95 Å². The summed E-state index contributed by atoms with van der Waals surface area (Å²) in [5.41, 5.74) is 0.502. The lowest BCUT2D eigenvalue weighted by Gasteiger charge is -2.09. The minimum atomic E-state index is -4.75. The first kappa shape index (κ1) is 13.4. The SMILES string of the molecule is O=C1CC(S(=O)(=O)F)CN1c1nc2ccc(Br)cn2n1. The van der Waals surface area contributed by atoms with Crippen molar-refractivity contribution in [2.75, 3.05) is 11.4 Å². The molecule has 1 fully saturated rings. The van der Waals surface area contributed by atoms with Gasteiger partial charge in [-0.05, 0) is 28.1 Å². The Kier molecular flexibility index (Phi) is 3.01. The number of rotatable bonds is 2. The van der Waals surface area contributed by atoms with E-state index in [0.29, 0.717) is 5.65 Å². The number of amides is 1. The van der Waals surface area contributed by atoms with Crippen LogP contribution in [0.4, 0.5) is 9.83 Å². The van der Waals surface area contributed by atoms with Gasteiger partial charge in [0.15, 0.2) is 5.65 Å². The quantitative estimate of drug-likeness (QED) is 0.741. The largest absolute Gasteiger partial charge is 0.307 e. The molecule has 1 amide bonds. The molecule has 20 heavy (non-hydrogen) atoms. The van der Waals surface area contributed by atoms with Gasteiger partial charge in [-0.3, -0.25) is 9.69 Å². The molecule has 0 bridgehead atoms. The van der Waals surface area contributed by atoms with Crippen LogP contribution in [0.15, 0.2) is 22.8 Å². The van der Waals surface area contributed by atoms with Crippen LogP contribution in [-0.4, -0.2) is 40.7 Å². The summed E-state index contributed by atoms with van der Waals surface area (Å²) in [6, 6.07) is 3.44. The van der Waals surface area contributed by atoms with Crippen molar-refractivity contribution in [3.63, 3.8) is 0 Å². The van der Waals surface area contributed by atoms with E-state index in [1.54, 1.807) is 18.3 Å². The summed E-state index contributed by atoms with van der Waals surface area (Å²) in [6.07, 6.45) is 1.26. The van der Waals surface area contributed by atoms with Gasteiger partial charge in [0.05, 0.1) is 0 Å². The van der Waals surface area contributed by atoms with Crippen molar-refractivity contribution in [3.05, 3.63) is 22.8 Å². The molecule has 1 saturated heterocycles. The molecule has 0 saturated carbocycles. The van der Waals surface area contributed by atoms with Crippen molar-refractivity contribution in [2.45, 2.75) is 11.7 Å². The molecule has 10 heteroatoms. The molecule has 2 aromatic rings. The Morgan fingerprint density at radius 2 is 2.15 bits per heavy atom. The molecule has 3 rings (SSSR count). The molecule has 0 spiro atoms. The fourth-order valence-corrected chi connectivity index (χ4v) is 3.01. The number of pyridine rings is 1. The predicted molar refractivity (Wildman–Crippen MR) is 71.5 cm³/mol. The smallest absolute Gasteiger partial charge is 0.278 e. The molecule has 3 heterocycles. The maximum atomic E-state index is 13.0. The molecular weight excluding hydrogens is 355 g/mol. The Morgan fingerprint density at radius 3 is 2.80 bits per heavy atom. The van der Waals surface area contributed by atoms with Gasteiger partial charge in [-0.1, -0.05) is 0 Å². The molecule has 1 unspecified atom stereocenters. The summed E-state index contributed by atoms with van der Waals surface area (Å²) < 4.78 is 36.9. The average Bonchev–Trinajstić information content (AvgIpc) is 2.90. The first-order valence-corrected chi connectivity index (χ1v) is 7.84. The van der Waals surface area contributed by atoms with Crippen LogP contribution < -0.4 is 4.90 Å². The summed E-state index contributed by atoms with van der Waals surface area (Å²) >= 11 is 3.27. The Morgan fingerprint density at radius 1 is 1.40 bits per heavy atom. The lowest BCUT2D eigenvalue weighted by molar-refractivity contribution is -0.117. The number of carbonyl (C=O) groups is 1. The van der Waals surface area contributed by atoms with Gasteiger partial charge in [-0.15, -0.1) is 8.98 Å². The number of halogens is 2. The summed E-state index contributed by atoms with van der Waals surface area (Å²) in [5.74, 6) is -0.439. The summed E-state index contributed by atoms with van der Waals surface area (Å²) in [6.45, 7) is -0.268. The van der Waals surface area contributed by atoms with E-state index < -0.39 is 27.8 Å². The molecule has 106 valence electrons. The minimum absolute atomic E-state index is 0.0688. The highest BCUT2D eigenvalue weighted by Gasteiger charge is 2.40. The number of anilines is 1. The monoisotopic (exact) mass is 362 g/mol. The van der Waals surface area contributed by atoms with Crippen LogP contribution in [0, 0.1) is 0 Å². The molecule has 0 aromatic carbocycles. The van der Waals surface area contributed by atoms with Crippen LogP contribution in [0.5, 0.6) is 0 Å². The number of hydrogen-bond donors (Lipinski definition) is 0. The number of nitrogens with zero attached hydrogens (tertiary/aromatic N) is 4. The van der Waals surface area contributed by atoms with Crippen molar-refractivity contribution < 1.29 is 17.1 Å². The van der Waals surface area contributed by atoms with Gasteiger partial charge in [0, 0.05) is 23.6 Å². The third-order valence-corrected chi connectivity index (χ3v) is 4.59. The number of aromatic nitrogens is 3. The van der Waals surface area contributed by atoms with E-state index in [2.05, 4.69) is 26.0 Å². The van der Waals surface area contributed by atoms with Gasteiger partial charge >= 0.3 is 10.2 Å².